The van der Waals surface area contributed by atoms with Crippen molar-refractivity contribution in [1.82, 2.24) is 0 Å². The van der Waals surface area contributed by atoms with E-state index in [0.717, 1.165) is 5.56 Å². The number of terminal acetylenes is 1. The summed E-state index contributed by atoms with van der Waals surface area (Å²) >= 11 is 11.9. The average molecular weight is 388 g/mol. The summed E-state index contributed by atoms with van der Waals surface area (Å²) < 4.78 is 0. The SMILES string of the molecule is C#Cc1ccc(N/C(=N\Nc2ccc(Cl)c(Cl)c2)C(=O)C(C)(C)C)cc1. The fraction of sp³-hybridized carbons (Fsp3) is 0.200. The van der Waals surface area contributed by atoms with E-state index < -0.39 is 5.41 Å². The van der Waals surface area contributed by atoms with Crippen LogP contribution in [0.1, 0.15) is 26.3 Å². The minimum Gasteiger partial charge on any atom is -0.336 e. The van der Waals surface area contributed by atoms with Crippen LogP contribution in [0.3, 0.4) is 0 Å². The van der Waals surface area contributed by atoms with Crippen molar-refractivity contribution < 1.29 is 4.79 Å². The lowest BCUT2D eigenvalue weighted by Gasteiger charge is -2.19. The molecule has 0 aliphatic carbocycles. The fourth-order valence-electron chi connectivity index (χ4n) is 1.96. The zero-order chi connectivity index (χ0) is 19.3. The first-order valence-corrected chi connectivity index (χ1v) is 8.63. The zero-order valence-corrected chi connectivity index (χ0v) is 16.2. The number of hydrogen-bond acceptors (Lipinski definition) is 3. The maximum Gasteiger partial charge on any atom is 0.205 e. The minimum atomic E-state index is -0.607. The van der Waals surface area contributed by atoms with Crippen molar-refractivity contribution >= 4 is 46.2 Å². The summed E-state index contributed by atoms with van der Waals surface area (Å²) in [7, 11) is 0. The van der Waals surface area contributed by atoms with E-state index in [-0.39, 0.29) is 11.6 Å². The highest BCUT2D eigenvalue weighted by Crippen LogP contribution is 2.25. The third-order valence-corrected chi connectivity index (χ3v) is 4.17. The first-order valence-electron chi connectivity index (χ1n) is 7.88. The van der Waals surface area contributed by atoms with Gasteiger partial charge in [0.2, 0.25) is 5.78 Å². The van der Waals surface area contributed by atoms with Gasteiger partial charge in [-0.15, -0.1) is 6.42 Å². The van der Waals surface area contributed by atoms with Gasteiger partial charge in [0.05, 0.1) is 15.7 Å². The van der Waals surface area contributed by atoms with Crippen LogP contribution in [0.25, 0.3) is 0 Å². The fourth-order valence-corrected chi connectivity index (χ4v) is 2.26. The van der Waals surface area contributed by atoms with Crippen LogP contribution in [-0.2, 0) is 4.79 Å². The van der Waals surface area contributed by atoms with Gasteiger partial charge in [-0.25, -0.2) is 0 Å². The molecule has 26 heavy (non-hydrogen) atoms. The monoisotopic (exact) mass is 387 g/mol. The Balaban J connectivity index is 2.28. The number of hydrazone groups is 1. The van der Waals surface area contributed by atoms with E-state index in [2.05, 4.69) is 21.8 Å². The molecule has 0 radical (unpaired) electrons. The number of anilines is 2. The molecule has 0 bridgehead atoms. The number of ketones is 1. The summed E-state index contributed by atoms with van der Waals surface area (Å²) in [4.78, 5) is 12.7. The quantitative estimate of drug-likeness (QED) is 0.318. The van der Waals surface area contributed by atoms with Crippen molar-refractivity contribution in [3.8, 4) is 12.3 Å². The molecule has 0 saturated heterocycles. The molecule has 2 aromatic rings. The third kappa shape index (κ3) is 5.26. The number of rotatable bonds is 4. The Kier molecular flexibility index (Phi) is 6.31. The highest BCUT2D eigenvalue weighted by atomic mass is 35.5. The molecular weight excluding hydrogens is 369 g/mol. The van der Waals surface area contributed by atoms with Gasteiger partial charge < -0.3 is 5.32 Å². The Hall–Kier alpha value is -2.48. The molecule has 4 nitrogen and oxygen atoms in total. The predicted octanol–water partition coefficient (Wildman–Crippen LogP) is 5.43. The molecule has 0 spiro atoms. The maximum atomic E-state index is 12.7. The average Bonchev–Trinajstić information content (AvgIpc) is 2.60. The van der Waals surface area contributed by atoms with Gasteiger partial charge in [0.15, 0.2) is 5.84 Å². The highest BCUT2D eigenvalue weighted by molar-refractivity contribution is 6.45. The van der Waals surface area contributed by atoms with Crippen LogP contribution < -0.4 is 10.7 Å². The van der Waals surface area contributed by atoms with Gasteiger partial charge in [-0.3, -0.25) is 10.2 Å². The molecule has 0 atom stereocenters. The number of Topliss-reactive ketones (excluding diaryl/α,β-unsaturated/α-hetero) is 1. The van der Waals surface area contributed by atoms with E-state index in [1.165, 1.54) is 0 Å². The van der Waals surface area contributed by atoms with Crippen LogP contribution in [0.2, 0.25) is 10.0 Å². The molecule has 2 rings (SSSR count). The summed E-state index contributed by atoms with van der Waals surface area (Å²) in [5, 5.41) is 8.12. The second-order valence-corrected chi connectivity index (χ2v) is 7.44. The lowest BCUT2D eigenvalue weighted by atomic mass is 9.90. The van der Waals surface area contributed by atoms with Crippen LogP contribution in [-0.4, -0.2) is 11.6 Å². The standard InChI is InChI=1S/C20H19Cl2N3O/c1-5-13-6-8-14(9-7-13)23-19(18(26)20(2,3)4)25-24-15-10-11-16(21)17(22)12-15/h1,6-12,24H,2-4H3,(H,23,25). The molecule has 0 fully saturated rings. The molecule has 6 heteroatoms. The molecule has 2 N–H and O–H groups in total. The molecule has 0 heterocycles. The minimum absolute atomic E-state index is 0.147. The number of hydrogen-bond donors (Lipinski definition) is 2. The van der Waals surface area contributed by atoms with E-state index >= 15 is 0 Å². The first-order chi connectivity index (χ1) is 12.2. The molecule has 2 aromatic carbocycles. The summed E-state index contributed by atoms with van der Waals surface area (Å²) in [6.45, 7) is 5.48. The van der Waals surface area contributed by atoms with Crippen LogP contribution in [0.15, 0.2) is 47.6 Å². The Morgan fingerprint density at radius 2 is 1.65 bits per heavy atom. The molecule has 0 unspecified atom stereocenters. The Labute approximate surface area is 163 Å². The number of halogens is 2. The van der Waals surface area contributed by atoms with Crippen LogP contribution in [0.4, 0.5) is 11.4 Å². The van der Waals surface area contributed by atoms with Gasteiger partial charge >= 0.3 is 0 Å². The second-order valence-electron chi connectivity index (χ2n) is 6.63. The van der Waals surface area contributed by atoms with Crippen molar-refractivity contribution in [1.29, 1.82) is 0 Å². The predicted molar refractivity (Wildman–Crippen MR) is 110 cm³/mol. The lowest BCUT2D eigenvalue weighted by molar-refractivity contribution is -0.119. The molecule has 0 saturated carbocycles. The van der Waals surface area contributed by atoms with Crippen molar-refractivity contribution in [2.24, 2.45) is 10.5 Å². The largest absolute Gasteiger partial charge is 0.336 e. The number of nitrogens with one attached hydrogen (secondary N) is 2. The van der Waals surface area contributed by atoms with Crippen molar-refractivity contribution in [2.45, 2.75) is 20.8 Å². The van der Waals surface area contributed by atoms with E-state index in [1.54, 1.807) is 42.5 Å². The molecular formula is C20H19Cl2N3O. The van der Waals surface area contributed by atoms with Gasteiger partial charge in [-0.1, -0.05) is 49.9 Å². The Bertz CT molecular complexity index is 875. The summed E-state index contributed by atoms with van der Waals surface area (Å²) in [6, 6.07) is 12.2. The summed E-state index contributed by atoms with van der Waals surface area (Å²) in [5.41, 5.74) is 4.30. The van der Waals surface area contributed by atoms with Crippen molar-refractivity contribution in [3.63, 3.8) is 0 Å². The highest BCUT2D eigenvalue weighted by Gasteiger charge is 2.27. The molecule has 0 aromatic heterocycles. The smallest absolute Gasteiger partial charge is 0.205 e. The molecule has 0 amide bonds. The zero-order valence-electron chi connectivity index (χ0n) is 14.7. The van der Waals surface area contributed by atoms with E-state index in [1.807, 2.05) is 20.8 Å². The van der Waals surface area contributed by atoms with Crippen molar-refractivity contribution in [2.75, 3.05) is 10.7 Å². The normalized spacial score (nSPS) is 11.6. The van der Waals surface area contributed by atoms with Gasteiger partial charge in [0, 0.05) is 16.7 Å². The van der Waals surface area contributed by atoms with Crippen LogP contribution in [0.5, 0.6) is 0 Å². The number of carbonyl (C=O) groups excluding carboxylic acids is 1. The van der Waals surface area contributed by atoms with Gasteiger partial charge in [-0.05, 0) is 42.5 Å². The van der Waals surface area contributed by atoms with Gasteiger partial charge in [0.25, 0.3) is 0 Å². The van der Waals surface area contributed by atoms with Crippen molar-refractivity contribution in [3.05, 3.63) is 58.1 Å². The summed E-state index contributed by atoms with van der Waals surface area (Å²) in [5.74, 6) is 2.58. The second kappa shape index (κ2) is 8.27. The Morgan fingerprint density at radius 3 is 2.19 bits per heavy atom. The van der Waals surface area contributed by atoms with Gasteiger partial charge in [-0.2, -0.15) is 5.10 Å². The van der Waals surface area contributed by atoms with E-state index in [9.17, 15) is 4.79 Å². The number of benzene rings is 2. The maximum absolute atomic E-state index is 12.7. The first kappa shape index (κ1) is 19.8. The molecule has 0 aliphatic heterocycles. The number of amidine groups is 1. The van der Waals surface area contributed by atoms with Crippen LogP contribution >= 0.6 is 23.2 Å². The lowest BCUT2D eigenvalue weighted by Crippen LogP contribution is -2.34. The number of nitrogens with zero attached hydrogens (tertiary/aromatic N) is 1. The van der Waals surface area contributed by atoms with E-state index in [4.69, 9.17) is 29.6 Å². The Morgan fingerprint density at radius 1 is 1.04 bits per heavy atom. The van der Waals surface area contributed by atoms with Crippen LogP contribution in [0, 0.1) is 17.8 Å². The topological polar surface area (TPSA) is 53.5 Å². The molecule has 134 valence electrons. The number of carbonyl (C=O) groups is 1. The van der Waals surface area contributed by atoms with Gasteiger partial charge in [0.1, 0.15) is 0 Å². The molecule has 0 aliphatic rings. The third-order valence-electron chi connectivity index (χ3n) is 3.43. The summed E-state index contributed by atoms with van der Waals surface area (Å²) in [6.07, 6.45) is 5.36. The van der Waals surface area contributed by atoms with E-state index in [0.29, 0.717) is 21.4 Å².